The molecule has 0 fully saturated rings. The van der Waals surface area contributed by atoms with Gasteiger partial charge in [-0.3, -0.25) is 0 Å². The van der Waals surface area contributed by atoms with Crippen molar-refractivity contribution < 1.29 is 9.52 Å². The first-order chi connectivity index (χ1) is 7.35. The van der Waals surface area contributed by atoms with Gasteiger partial charge in [0, 0.05) is 12.0 Å². The second kappa shape index (κ2) is 4.28. The second-order valence-electron chi connectivity index (χ2n) is 3.27. The van der Waals surface area contributed by atoms with E-state index in [1.54, 1.807) is 0 Å². The Morgan fingerprint density at radius 3 is 2.53 bits per heavy atom. The number of nitrogens with zero attached hydrogens (tertiary/aromatic N) is 1. The first kappa shape index (κ1) is 9.93. The van der Waals surface area contributed by atoms with Gasteiger partial charge in [0.05, 0.1) is 6.61 Å². The number of aliphatic hydroxyl groups excluding tert-OH is 1. The fourth-order valence-corrected chi connectivity index (χ4v) is 1.49. The Morgan fingerprint density at radius 1 is 1.27 bits per heavy atom. The number of aliphatic hydroxyl groups is 1. The maximum atomic E-state index is 9.09. The van der Waals surface area contributed by atoms with Gasteiger partial charge in [0.2, 0.25) is 5.89 Å². The summed E-state index contributed by atoms with van der Waals surface area (Å²) in [7, 11) is 0. The molecule has 0 radical (unpaired) electrons. The van der Waals surface area contributed by atoms with Crippen LogP contribution >= 0.6 is 0 Å². The summed E-state index contributed by atoms with van der Waals surface area (Å²) < 4.78 is 5.57. The molecule has 2 rings (SSSR count). The lowest BCUT2D eigenvalue weighted by atomic mass is 10.2. The van der Waals surface area contributed by atoms with Crippen LogP contribution in [0.3, 0.4) is 0 Å². The van der Waals surface area contributed by atoms with Crippen LogP contribution in [-0.2, 0) is 13.0 Å². The number of hydrogen-bond donors (Lipinski definition) is 1. The van der Waals surface area contributed by atoms with Gasteiger partial charge in [-0.2, -0.15) is 0 Å². The lowest BCUT2D eigenvalue weighted by Gasteiger charge is -1.92. The molecule has 0 saturated heterocycles. The van der Waals surface area contributed by atoms with Crippen LogP contribution in [0, 0.1) is 0 Å². The third-order valence-corrected chi connectivity index (χ3v) is 2.27. The number of benzene rings is 1. The minimum Gasteiger partial charge on any atom is -0.441 e. The van der Waals surface area contributed by atoms with Crippen LogP contribution in [0.25, 0.3) is 11.5 Å². The summed E-state index contributed by atoms with van der Waals surface area (Å²) in [5.74, 6) is 1.34. The SMILES string of the molecule is CCc1oc(-c2ccccc2)nc1CO. The van der Waals surface area contributed by atoms with Crippen LogP contribution < -0.4 is 0 Å². The molecule has 1 heterocycles. The summed E-state index contributed by atoms with van der Waals surface area (Å²) in [6, 6.07) is 9.69. The molecule has 3 nitrogen and oxygen atoms in total. The zero-order valence-corrected chi connectivity index (χ0v) is 8.60. The van der Waals surface area contributed by atoms with Crippen LogP contribution in [0.15, 0.2) is 34.7 Å². The van der Waals surface area contributed by atoms with Crippen LogP contribution in [-0.4, -0.2) is 10.1 Å². The fraction of sp³-hybridized carbons (Fsp3) is 0.250. The normalized spacial score (nSPS) is 10.5. The summed E-state index contributed by atoms with van der Waals surface area (Å²) in [4.78, 5) is 4.25. The van der Waals surface area contributed by atoms with E-state index < -0.39 is 0 Å². The first-order valence-electron chi connectivity index (χ1n) is 5.00. The van der Waals surface area contributed by atoms with Crippen molar-refractivity contribution in [1.29, 1.82) is 0 Å². The molecule has 2 aromatic rings. The molecule has 0 spiro atoms. The predicted molar refractivity (Wildman–Crippen MR) is 57.2 cm³/mol. The largest absolute Gasteiger partial charge is 0.441 e. The third-order valence-electron chi connectivity index (χ3n) is 2.27. The van der Waals surface area contributed by atoms with Crippen LogP contribution in [0.2, 0.25) is 0 Å². The summed E-state index contributed by atoms with van der Waals surface area (Å²) >= 11 is 0. The molecule has 0 unspecified atom stereocenters. The zero-order valence-electron chi connectivity index (χ0n) is 8.60. The molecule has 0 aliphatic rings. The molecule has 1 aromatic heterocycles. The van der Waals surface area contributed by atoms with Crippen molar-refractivity contribution >= 4 is 0 Å². The maximum Gasteiger partial charge on any atom is 0.226 e. The maximum absolute atomic E-state index is 9.09. The van der Waals surface area contributed by atoms with Crippen LogP contribution in [0.5, 0.6) is 0 Å². The molecule has 78 valence electrons. The fourth-order valence-electron chi connectivity index (χ4n) is 1.49. The molecule has 3 heteroatoms. The van der Waals surface area contributed by atoms with E-state index in [-0.39, 0.29) is 6.61 Å². The lowest BCUT2D eigenvalue weighted by molar-refractivity contribution is 0.274. The quantitative estimate of drug-likeness (QED) is 0.833. The van der Waals surface area contributed by atoms with Gasteiger partial charge < -0.3 is 9.52 Å². The topological polar surface area (TPSA) is 46.3 Å². The number of rotatable bonds is 3. The Kier molecular flexibility index (Phi) is 2.83. The average Bonchev–Trinajstić information content (AvgIpc) is 2.73. The standard InChI is InChI=1S/C12H13NO2/c1-2-11-10(8-14)13-12(15-11)9-6-4-3-5-7-9/h3-7,14H,2,8H2,1H3. The van der Waals surface area contributed by atoms with E-state index in [1.807, 2.05) is 37.3 Å². The minimum absolute atomic E-state index is 0.0699. The Balaban J connectivity index is 2.42. The van der Waals surface area contributed by atoms with Gasteiger partial charge in [0.25, 0.3) is 0 Å². The Hall–Kier alpha value is -1.61. The Morgan fingerprint density at radius 2 is 2.00 bits per heavy atom. The van der Waals surface area contributed by atoms with E-state index in [0.29, 0.717) is 11.6 Å². The van der Waals surface area contributed by atoms with Gasteiger partial charge in [-0.05, 0) is 12.1 Å². The van der Waals surface area contributed by atoms with Gasteiger partial charge in [-0.1, -0.05) is 25.1 Å². The number of aromatic nitrogens is 1. The van der Waals surface area contributed by atoms with E-state index in [9.17, 15) is 0 Å². The lowest BCUT2D eigenvalue weighted by Crippen LogP contribution is -1.88. The van der Waals surface area contributed by atoms with E-state index in [2.05, 4.69) is 4.98 Å². The molecule has 0 aliphatic carbocycles. The molecule has 15 heavy (non-hydrogen) atoms. The first-order valence-corrected chi connectivity index (χ1v) is 5.00. The van der Waals surface area contributed by atoms with Gasteiger partial charge in [0.15, 0.2) is 0 Å². The molecule has 1 aromatic carbocycles. The Labute approximate surface area is 88.4 Å². The average molecular weight is 203 g/mol. The van der Waals surface area contributed by atoms with Crippen LogP contribution in [0.1, 0.15) is 18.4 Å². The van der Waals surface area contributed by atoms with Crippen LogP contribution in [0.4, 0.5) is 0 Å². The van der Waals surface area contributed by atoms with Gasteiger partial charge in [-0.15, -0.1) is 0 Å². The minimum atomic E-state index is -0.0699. The summed E-state index contributed by atoms with van der Waals surface area (Å²) in [5, 5.41) is 9.09. The Bertz CT molecular complexity index is 413. The summed E-state index contributed by atoms with van der Waals surface area (Å²) in [5.41, 5.74) is 1.57. The van der Waals surface area contributed by atoms with E-state index in [4.69, 9.17) is 9.52 Å². The van der Waals surface area contributed by atoms with Crippen molar-refractivity contribution in [3.63, 3.8) is 0 Å². The highest BCUT2D eigenvalue weighted by Gasteiger charge is 2.11. The molecule has 0 aliphatic heterocycles. The zero-order chi connectivity index (χ0) is 10.7. The second-order valence-corrected chi connectivity index (χ2v) is 3.27. The number of hydrogen-bond acceptors (Lipinski definition) is 3. The smallest absolute Gasteiger partial charge is 0.226 e. The number of oxazole rings is 1. The van der Waals surface area contributed by atoms with Crippen molar-refractivity contribution in [2.24, 2.45) is 0 Å². The molecule has 0 bridgehead atoms. The molecule has 0 saturated carbocycles. The van der Waals surface area contributed by atoms with E-state index in [1.165, 1.54) is 0 Å². The van der Waals surface area contributed by atoms with Crippen molar-refractivity contribution in [2.75, 3.05) is 0 Å². The highest BCUT2D eigenvalue weighted by atomic mass is 16.4. The monoisotopic (exact) mass is 203 g/mol. The van der Waals surface area contributed by atoms with Crippen molar-refractivity contribution in [3.05, 3.63) is 41.8 Å². The molecule has 0 amide bonds. The molecular formula is C12H13NO2. The van der Waals surface area contributed by atoms with Crippen molar-refractivity contribution in [2.45, 2.75) is 20.0 Å². The summed E-state index contributed by atoms with van der Waals surface area (Å²) in [6.07, 6.45) is 0.746. The van der Waals surface area contributed by atoms with E-state index >= 15 is 0 Å². The van der Waals surface area contributed by atoms with Crippen molar-refractivity contribution in [3.8, 4) is 11.5 Å². The summed E-state index contributed by atoms with van der Waals surface area (Å²) in [6.45, 7) is 1.91. The molecule has 0 atom stereocenters. The van der Waals surface area contributed by atoms with Crippen molar-refractivity contribution in [1.82, 2.24) is 4.98 Å². The third kappa shape index (κ3) is 1.92. The van der Waals surface area contributed by atoms with Gasteiger partial charge in [0.1, 0.15) is 11.5 Å². The van der Waals surface area contributed by atoms with Gasteiger partial charge >= 0.3 is 0 Å². The van der Waals surface area contributed by atoms with E-state index in [0.717, 1.165) is 17.7 Å². The predicted octanol–water partition coefficient (Wildman–Crippen LogP) is 2.40. The van der Waals surface area contributed by atoms with Gasteiger partial charge in [-0.25, -0.2) is 4.98 Å². The molecule has 1 N–H and O–H groups in total. The highest BCUT2D eigenvalue weighted by Crippen LogP contribution is 2.22. The molecular weight excluding hydrogens is 190 g/mol. The number of aryl methyl sites for hydroxylation is 1. The highest BCUT2D eigenvalue weighted by molar-refractivity contribution is 5.53.